The highest BCUT2D eigenvalue weighted by molar-refractivity contribution is 7.89. The molecule has 4 N–H and O–H groups in total. The van der Waals surface area contributed by atoms with Crippen LogP contribution in [-0.2, 0) is 11.4 Å². The third-order valence-corrected chi connectivity index (χ3v) is 4.92. The molecule has 0 aliphatic rings. The van der Waals surface area contributed by atoms with E-state index in [4.69, 9.17) is 10.8 Å². The lowest BCUT2D eigenvalue weighted by Crippen LogP contribution is -2.27. The molecule has 1 unspecified atom stereocenters. The van der Waals surface area contributed by atoms with E-state index in [-0.39, 0.29) is 19.1 Å². The molecule has 0 saturated heterocycles. The third kappa shape index (κ3) is 4.00. The Hall–Kier alpha value is -2.52. The maximum absolute atomic E-state index is 14.6. The number of rotatable bonds is 6. The Morgan fingerprint density at radius 3 is 2.50 bits per heavy atom. The molecule has 1 aromatic heterocycles. The molecule has 1 heterocycles. The summed E-state index contributed by atoms with van der Waals surface area (Å²) in [6.07, 6.45) is 2.92. The molecule has 0 radical (unpaired) electrons. The van der Waals surface area contributed by atoms with Crippen molar-refractivity contribution in [2.24, 2.45) is 0 Å². The van der Waals surface area contributed by atoms with Crippen LogP contribution >= 0.6 is 0 Å². The van der Waals surface area contributed by atoms with Gasteiger partial charge in [0, 0.05) is 29.1 Å². The van der Waals surface area contributed by atoms with E-state index in [0.717, 1.165) is 0 Å². The van der Waals surface area contributed by atoms with Crippen molar-refractivity contribution in [3.63, 3.8) is 0 Å². The van der Waals surface area contributed by atoms with Crippen molar-refractivity contribution < 1.29 is 14.0 Å². The van der Waals surface area contributed by atoms with Crippen molar-refractivity contribution in [2.45, 2.75) is 4.90 Å². The molecule has 0 bridgehead atoms. The van der Waals surface area contributed by atoms with Crippen molar-refractivity contribution in [1.82, 2.24) is 14.7 Å². The standard InChI is InChI=1S/C18H17FN4O2S/c19-16-9-12(5-6-14(16)13-10-21-18(20)22-11-13)15-3-1-2-4-17(15)26(25)23-7-8-24/h1-6,9-11,23-24H,7-8H2,(H2,20,21,22). The Morgan fingerprint density at radius 1 is 1.08 bits per heavy atom. The zero-order valence-corrected chi connectivity index (χ0v) is 14.5. The number of halogens is 1. The van der Waals surface area contributed by atoms with Crippen LogP contribution in [0.25, 0.3) is 22.3 Å². The monoisotopic (exact) mass is 372 g/mol. The van der Waals surface area contributed by atoms with Crippen molar-refractivity contribution in [2.75, 3.05) is 18.9 Å². The largest absolute Gasteiger partial charge is 0.593 e. The number of anilines is 1. The van der Waals surface area contributed by atoms with E-state index in [1.54, 1.807) is 36.4 Å². The van der Waals surface area contributed by atoms with Gasteiger partial charge in [0.2, 0.25) is 5.95 Å². The number of benzene rings is 2. The summed E-state index contributed by atoms with van der Waals surface area (Å²) in [6.45, 7) is 0.0757. The van der Waals surface area contributed by atoms with Crippen LogP contribution in [0.2, 0.25) is 0 Å². The van der Waals surface area contributed by atoms with Crippen molar-refractivity contribution in [3.8, 4) is 22.3 Å². The zero-order valence-electron chi connectivity index (χ0n) is 13.7. The van der Waals surface area contributed by atoms with Crippen molar-refractivity contribution in [1.29, 1.82) is 0 Å². The number of aliphatic hydroxyl groups excluding tert-OH is 1. The minimum atomic E-state index is -1.51. The lowest BCUT2D eigenvalue weighted by molar-refractivity contribution is 0.301. The molecule has 134 valence electrons. The molecule has 6 nitrogen and oxygen atoms in total. The molecule has 0 aliphatic heterocycles. The maximum Gasteiger partial charge on any atom is 0.219 e. The predicted molar refractivity (Wildman–Crippen MR) is 98.8 cm³/mol. The molecule has 0 saturated carbocycles. The SMILES string of the molecule is Nc1ncc(-c2ccc(-c3ccccc3[S+]([O-])NCCO)cc2F)cn1. The normalized spacial score (nSPS) is 12.1. The van der Waals surface area contributed by atoms with Crippen LogP contribution in [0.1, 0.15) is 0 Å². The number of aliphatic hydroxyl groups is 1. The van der Waals surface area contributed by atoms with E-state index in [1.165, 1.54) is 18.5 Å². The zero-order chi connectivity index (χ0) is 18.5. The summed E-state index contributed by atoms with van der Waals surface area (Å²) in [5.74, 6) is -0.322. The Bertz CT molecular complexity index is 893. The van der Waals surface area contributed by atoms with Gasteiger partial charge in [0.15, 0.2) is 4.90 Å². The van der Waals surface area contributed by atoms with E-state index in [9.17, 15) is 8.94 Å². The number of hydrogen-bond donors (Lipinski definition) is 3. The number of nitrogen functional groups attached to an aromatic ring is 1. The minimum Gasteiger partial charge on any atom is -0.593 e. The Balaban J connectivity index is 1.96. The quantitative estimate of drug-likeness (QED) is 0.572. The summed E-state index contributed by atoms with van der Waals surface area (Å²) in [5.41, 5.74) is 7.57. The molecule has 1 atom stereocenters. The van der Waals surface area contributed by atoms with Gasteiger partial charge < -0.3 is 15.4 Å². The molecule has 0 fully saturated rings. The molecule has 3 rings (SSSR count). The van der Waals surface area contributed by atoms with Gasteiger partial charge in [0.1, 0.15) is 5.82 Å². The van der Waals surface area contributed by atoms with Gasteiger partial charge in [0.05, 0.1) is 24.5 Å². The molecule has 26 heavy (non-hydrogen) atoms. The summed E-state index contributed by atoms with van der Waals surface area (Å²) in [5, 5.41) is 8.88. The fraction of sp³-hybridized carbons (Fsp3) is 0.111. The smallest absolute Gasteiger partial charge is 0.219 e. The van der Waals surface area contributed by atoms with Gasteiger partial charge in [-0.05, 0) is 23.8 Å². The second-order valence-electron chi connectivity index (χ2n) is 5.41. The van der Waals surface area contributed by atoms with Crippen LogP contribution in [0.3, 0.4) is 0 Å². The molecule has 2 aromatic carbocycles. The average molecular weight is 372 g/mol. The summed E-state index contributed by atoms with van der Waals surface area (Å²) in [4.78, 5) is 8.27. The number of aromatic nitrogens is 2. The van der Waals surface area contributed by atoms with E-state index in [1.807, 2.05) is 0 Å². The first-order valence-corrected chi connectivity index (χ1v) is 8.98. The Labute approximate surface area is 153 Å². The number of nitrogens with zero attached hydrogens (tertiary/aromatic N) is 2. The first-order valence-electron chi connectivity index (χ1n) is 7.83. The van der Waals surface area contributed by atoms with Gasteiger partial charge in [-0.1, -0.05) is 24.3 Å². The number of nitrogens with two attached hydrogens (primary N) is 1. The lowest BCUT2D eigenvalue weighted by Gasteiger charge is -2.14. The summed E-state index contributed by atoms with van der Waals surface area (Å²) >= 11 is -1.51. The minimum absolute atomic E-state index is 0.123. The molecule has 0 spiro atoms. The van der Waals surface area contributed by atoms with Gasteiger partial charge in [-0.3, -0.25) is 0 Å². The van der Waals surface area contributed by atoms with Crippen molar-refractivity contribution in [3.05, 3.63) is 60.7 Å². The highest BCUT2D eigenvalue weighted by atomic mass is 32.2. The van der Waals surface area contributed by atoms with E-state index in [2.05, 4.69) is 14.7 Å². The van der Waals surface area contributed by atoms with Gasteiger partial charge >= 0.3 is 0 Å². The average Bonchev–Trinajstić information content (AvgIpc) is 2.67. The van der Waals surface area contributed by atoms with Gasteiger partial charge in [-0.15, -0.1) is 4.72 Å². The van der Waals surface area contributed by atoms with Crippen LogP contribution in [0.5, 0.6) is 0 Å². The third-order valence-electron chi connectivity index (χ3n) is 3.69. The fourth-order valence-electron chi connectivity index (χ4n) is 2.48. The fourth-order valence-corrected chi connectivity index (χ4v) is 3.50. The van der Waals surface area contributed by atoms with Crippen LogP contribution in [0.15, 0.2) is 59.8 Å². The maximum atomic E-state index is 14.6. The van der Waals surface area contributed by atoms with E-state index in [0.29, 0.717) is 27.1 Å². The lowest BCUT2D eigenvalue weighted by atomic mass is 10.0. The molecule has 0 aliphatic carbocycles. The highest BCUT2D eigenvalue weighted by Crippen LogP contribution is 2.31. The first kappa shape index (κ1) is 18.3. The number of nitrogens with one attached hydrogen (secondary N) is 1. The molecule has 3 aromatic rings. The van der Waals surface area contributed by atoms with Gasteiger partial charge in [0.25, 0.3) is 0 Å². The van der Waals surface area contributed by atoms with E-state index >= 15 is 0 Å². The number of hydrogen-bond acceptors (Lipinski definition) is 6. The van der Waals surface area contributed by atoms with Gasteiger partial charge in [-0.2, -0.15) is 0 Å². The van der Waals surface area contributed by atoms with Crippen LogP contribution in [-0.4, -0.2) is 32.8 Å². The molecular weight excluding hydrogens is 355 g/mol. The van der Waals surface area contributed by atoms with Crippen LogP contribution < -0.4 is 10.5 Å². The van der Waals surface area contributed by atoms with Crippen LogP contribution in [0, 0.1) is 5.82 Å². The van der Waals surface area contributed by atoms with E-state index < -0.39 is 17.2 Å². The van der Waals surface area contributed by atoms with Crippen LogP contribution in [0.4, 0.5) is 10.3 Å². The Morgan fingerprint density at radius 2 is 1.81 bits per heavy atom. The summed E-state index contributed by atoms with van der Waals surface area (Å²) in [6, 6.07) is 11.8. The first-order chi connectivity index (χ1) is 12.6. The second-order valence-corrected chi connectivity index (χ2v) is 6.67. The highest BCUT2D eigenvalue weighted by Gasteiger charge is 2.18. The summed E-state index contributed by atoms with van der Waals surface area (Å²) < 4.78 is 29.7. The molecule has 8 heteroatoms. The topological polar surface area (TPSA) is 107 Å². The Kier molecular flexibility index (Phi) is 5.79. The van der Waals surface area contributed by atoms with Gasteiger partial charge in [-0.25, -0.2) is 14.4 Å². The van der Waals surface area contributed by atoms with Crippen molar-refractivity contribution >= 4 is 17.3 Å². The summed E-state index contributed by atoms with van der Waals surface area (Å²) in [7, 11) is 0. The molecular formula is C18H17FN4O2S. The molecule has 0 amide bonds. The second kappa shape index (κ2) is 8.24. The predicted octanol–water partition coefficient (Wildman–Crippen LogP) is 2.14.